The number of rotatable bonds is 6. The summed E-state index contributed by atoms with van der Waals surface area (Å²) in [5, 5.41) is 21.3. The van der Waals surface area contributed by atoms with Crippen molar-refractivity contribution in [3.05, 3.63) is 29.6 Å². The van der Waals surface area contributed by atoms with Crippen molar-refractivity contribution in [1.82, 2.24) is 5.32 Å². The van der Waals surface area contributed by atoms with Crippen molar-refractivity contribution < 1.29 is 19.3 Å². The Bertz CT molecular complexity index is 369. The minimum atomic E-state index is -1.20. The van der Waals surface area contributed by atoms with Gasteiger partial charge in [0, 0.05) is 18.7 Å². The Labute approximate surface area is 100 Å². The van der Waals surface area contributed by atoms with E-state index in [4.69, 9.17) is 9.84 Å². The van der Waals surface area contributed by atoms with Gasteiger partial charge in [-0.1, -0.05) is 12.1 Å². The van der Waals surface area contributed by atoms with E-state index < -0.39 is 11.4 Å². The zero-order valence-corrected chi connectivity index (χ0v) is 10.0. The monoisotopic (exact) mass is 243 g/mol. The highest BCUT2D eigenvalue weighted by Crippen LogP contribution is 2.19. The van der Waals surface area contributed by atoms with Gasteiger partial charge in [0.15, 0.2) is 11.6 Å². The Morgan fingerprint density at radius 1 is 1.47 bits per heavy atom. The van der Waals surface area contributed by atoms with Crippen LogP contribution < -0.4 is 10.1 Å². The van der Waals surface area contributed by atoms with Gasteiger partial charge in [-0.25, -0.2) is 4.39 Å². The van der Waals surface area contributed by atoms with Crippen molar-refractivity contribution in [3.8, 4) is 5.75 Å². The molecule has 96 valence electrons. The van der Waals surface area contributed by atoms with Gasteiger partial charge in [-0.05, 0) is 13.0 Å². The lowest BCUT2D eigenvalue weighted by molar-refractivity contribution is 0.00249. The molecule has 0 spiro atoms. The van der Waals surface area contributed by atoms with Crippen molar-refractivity contribution >= 4 is 0 Å². The van der Waals surface area contributed by atoms with Crippen molar-refractivity contribution in [3.63, 3.8) is 0 Å². The molecule has 0 aliphatic carbocycles. The third-order valence-corrected chi connectivity index (χ3v) is 2.43. The largest absolute Gasteiger partial charge is 0.494 e. The van der Waals surface area contributed by atoms with Gasteiger partial charge in [0.2, 0.25) is 0 Å². The number of hydrogen-bond acceptors (Lipinski definition) is 4. The van der Waals surface area contributed by atoms with E-state index in [9.17, 15) is 9.50 Å². The summed E-state index contributed by atoms with van der Waals surface area (Å²) in [4.78, 5) is 0. The minimum absolute atomic E-state index is 0.181. The van der Waals surface area contributed by atoms with E-state index in [2.05, 4.69) is 5.32 Å². The number of benzene rings is 1. The van der Waals surface area contributed by atoms with E-state index in [1.54, 1.807) is 18.2 Å². The molecule has 0 bridgehead atoms. The molecule has 1 atom stereocenters. The highest BCUT2D eigenvalue weighted by molar-refractivity contribution is 5.30. The van der Waals surface area contributed by atoms with Gasteiger partial charge in [-0.2, -0.15) is 0 Å². The zero-order valence-electron chi connectivity index (χ0n) is 10.0. The quantitative estimate of drug-likeness (QED) is 0.687. The molecule has 1 aromatic rings. The van der Waals surface area contributed by atoms with Crippen LogP contribution in [0.5, 0.6) is 5.75 Å². The first kappa shape index (κ1) is 13.9. The zero-order chi connectivity index (χ0) is 12.9. The molecule has 0 aliphatic heterocycles. The standard InChI is InChI=1S/C12H18FNO3/c1-12(16,8-15)7-14-6-9-4-3-5-10(17-2)11(9)13/h3-5,14-16H,6-8H2,1-2H3. The van der Waals surface area contributed by atoms with Crippen LogP contribution in [0, 0.1) is 5.82 Å². The van der Waals surface area contributed by atoms with Crippen LogP contribution in [0.3, 0.4) is 0 Å². The SMILES string of the molecule is COc1cccc(CNCC(C)(O)CO)c1F. The molecule has 0 aliphatic rings. The highest BCUT2D eigenvalue weighted by Gasteiger charge is 2.18. The third-order valence-electron chi connectivity index (χ3n) is 2.43. The molecule has 0 amide bonds. The number of aliphatic hydroxyl groups is 2. The molecular formula is C12H18FNO3. The fraction of sp³-hybridized carbons (Fsp3) is 0.500. The molecule has 5 heteroatoms. The summed E-state index contributed by atoms with van der Waals surface area (Å²) in [5.41, 5.74) is -0.742. The maximum Gasteiger partial charge on any atom is 0.169 e. The van der Waals surface area contributed by atoms with E-state index in [1.807, 2.05) is 0 Å². The highest BCUT2D eigenvalue weighted by atomic mass is 19.1. The fourth-order valence-electron chi connectivity index (χ4n) is 1.37. The average molecular weight is 243 g/mol. The van der Waals surface area contributed by atoms with Gasteiger partial charge in [-0.15, -0.1) is 0 Å². The Morgan fingerprint density at radius 2 is 2.18 bits per heavy atom. The van der Waals surface area contributed by atoms with Gasteiger partial charge in [0.1, 0.15) is 0 Å². The number of methoxy groups -OCH3 is 1. The van der Waals surface area contributed by atoms with Gasteiger partial charge in [0.05, 0.1) is 19.3 Å². The van der Waals surface area contributed by atoms with Gasteiger partial charge in [-0.3, -0.25) is 0 Å². The lowest BCUT2D eigenvalue weighted by Crippen LogP contribution is -2.40. The Kier molecular flexibility index (Phi) is 4.86. The van der Waals surface area contributed by atoms with Gasteiger partial charge >= 0.3 is 0 Å². The maximum atomic E-state index is 13.7. The summed E-state index contributed by atoms with van der Waals surface area (Å²) in [7, 11) is 1.41. The second kappa shape index (κ2) is 5.95. The van der Waals surface area contributed by atoms with E-state index in [0.717, 1.165) is 0 Å². The lowest BCUT2D eigenvalue weighted by Gasteiger charge is -2.20. The predicted molar refractivity (Wildman–Crippen MR) is 62.4 cm³/mol. The number of hydrogen-bond donors (Lipinski definition) is 3. The van der Waals surface area contributed by atoms with Crippen molar-refractivity contribution in [2.45, 2.75) is 19.1 Å². The Balaban J connectivity index is 2.58. The number of aliphatic hydroxyl groups excluding tert-OH is 1. The summed E-state index contributed by atoms with van der Waals surface area (Å²) in [5.74, 6) is -0.218. The first-order valence-corrected chi connectivity index (χ1v) is 5.35. The first-order chi connectivity index (χ1) is 8.00. The first-order valence-electron chi connectivity index (χ1n) is 5.35. The van der Waals surface area contributed by atoms with Crippen LogP contribution in [0.2, 0.25) is 0 Å². The van der Waals surface area contributed by atoms with E-state index >= 15 is 0 Å². The number of halogens is 1. The summed E-state index contributed by atoms with van der Waals surface area (Å²) < 4.78 is 18.6. The fourth-order valence-corrected chi connectivity index (χ4v) is 1.37. The Hall–Kier alpha value is -1.17. The van der Waals surface area contributed by atoms with E-state index in [-0.39, 0.29) is 25.4 Å². The van der Waals surface area contributed by atoms with E-state index in [0.29, 0.717) is 5.56 Å². The molecule has 0 radical (unpaired) electrons. The topological polar surface area (TPSA) is 61.7 Å². The molecular weight excluding hydrogens is 225 g/mol. The molecule has 1 unspecified atom stereocenters. The summed E-state index contributed by atoms with van der Waals surface area (Å²) in [6, 6.07) is 4.88. The molecule has 0 aromatic heterocycles. The van der Waals surface area contributed by atoms with Crippen LogP contribution >= 0.6 is 0 Å². The number of ether oxygens (including phenoxy) is 1. The van der Waals surface area contributed by atoms with E-state index in [1.165, 1.54) is 14.0 Å². The smallest absolute Gasteiger partial charge is 0.169 e. The predicted octanol–water partition coefficient (Wildman–Crippen LogP) is 0.667. The molecule has 0 saturated heterocycles. The molecule has 1 rings (SSSR count). The summed E-state index contributed by atoms with van der Waals surface area (Å²) in [6.07, 6.45) is 0. The van der Waals surface area contributed by atoms with Gasteiger partial charge < -0.3 is 20.3 Å². The van der Waals surface area contributed by atoms with Crippen LogP contribution in [-0.2, 0) is 6.54 Å². The normalized spacial score (nSPS) is 14.4. The molecule has 17 heavy (non-hydrogen) atoms. The summed E-state index contributed by atoms with van der Waals surface area (Å²) in [6.45, 7) is 1.60. The minimum Gasteiger partial charge on any atom is -0.494 e. The van der Waals surface area contributed by atoms with Crippen LogP contribution in [0.25, 0.3) is 0 Å². The molecule has 1 aromatic carbocycles. The molecule has 4 nitrogen and oxygen atoms in total. The number of nitrogens with one attached hydrogen (secondary N) is 1. The second-order valence-corrected chi connectivity index (χ2v) is 4.19. The third kappa shape index (κ3) is 3.96. The lowest BCUT2D eigenvalue weighted by atomic mass is 10.1. The molecule has 0 heterocycles. The van der Waals surface area contributed by atoms with Crippen molar-refractivity contribution in [1.29, 1.82) is 0 Å². The summed E-state index contributed by atoms with van der Waals surface area (Å²) >= 11 is 0. The Morgan fingerprint density at radius 3 is 2.76 bits per heavy atom. The van der Waals surface area contributed by atoms with Crippen molar-refractivity contribution in [2.75, 3.05) is 20.3 Å². The van der Waals surface area contributed by atoms with Gasteiger partial charge in [0.25, 0.3) is 0 Å². The maximum absolute atomic E-state index is 13.7. The van der Waals surface area contributed by atoms with Crippen LogP contribution in [0.15, 0.2) is 18.2 Å². The second-order valence-electron chi connectivity index (χ2n) is 4.19. The molecule has 3 N–H and O–H groups in total. The average Bonchev–Trinajstić information content (AvgIpc) is 2.31. The van der Waals surface area contributed by atoms with Crippen LogP contribution in [0.1, 0.15) is 12.5 Å². The molecule has 0 saturated carbocycles. The van der Waals surface area contributed by atoms with Crippen LogP contribution in [0.4, 0.5) is 4.39 Å². The molecule has 0 fully saturated rings. The van der Waals surface area contributed by atoms with Crippen molar-refractivity contribution in [2.24, 2.45) is 0 Å². The van der Waals surface area contributed by atoms with Crippen LogP contribution in [-0.4, -0.2) is 36.1 Å².